The average Bonchev–Trinajstić information content (AvgIpc) is 3.29. The fraction of sp³-hybridized carbons (Fsp3) is 0.250. The molecular formula is C32H30ClFN2O5S. The first-order valence-electron chi connectivity index (χ1n) is 13.2. The van der Waals surface area contributed by atoms with Crippen LogP contribution in [0.25, 0.3) is 11.1 Å². The molecule has 1 aromatic heterocycles. The Kier molecular flexibility index (Phi) is 7.92. The van der Waals surface area contributed by atoms with Gasteiger partial charge in [0.1, 0.15) is 40.1 Å². The van der Waals surface area contributed by atoms with Crippen LogP contribution in [-0.4, -0.2) is 31.6 Å². The number of carbonyl (C=O) groups excluding carboxylic acids is 2. The van der Waals surface area contributed by atoms with Crippen LogP contribution in [0.2, 0.25) is 5.02 Å². The Morgan fingerprint density at radius 2 is 1.79 bits per heavy atom. The molecule has 0 saturated carbocycles. The van der Waals surface area contributed by atoms with Gasteiger partial charge in [-0.1, -0.05) is 23.7 Å². The van der Waals surface area contributed by atoms with E-state index in [-0.39, 0.29) is 18.3 Å². The summed E-state index contributed by atoms with van der Waals surface area (Å²) in [6, 6.07) is 13.3. The van der Waals surface area contributed by atoms with Crippen LogP contribution in [0.3, 0.4) is 0 Å². The van der Waals surface area contributed by atoms with E-state index in [1.54, 1.807) is 41.6 Å². The van der Waals surface area contributed by atoms with Gasteiger partial charge in [-0.3, -0.25) is 4.79 Å². The second kappa shape index (κ2) is 11.3. The molecule has 1 aliphatic rings. The zero-order chi connectivity index (χ0) is 30.3. The predicted octanol–water partition coefficient (Wildman–Crippen LogP) is 7.80. The lowest BCUT2D eigenvalue weighted by molar-refractivity contribution is -0.121. The highest BCUT2D eigenvalue weighted by Gasteiger charge is 2.38. The molecule has 2 heterocycles. The van der Waals surface area contributed by atoms with Gasteiger partial charge in [-0.05, 0) is 74.0 Å². The number of amides is 1. The number of fused-ring (bicyclic) bond motifs is 1. The molecule has 42 heavy (non-hydrogen) atoms. The molecule has 0 aliphatic carbocycles. The van der Waals surface area contributed by atoms with E-state index < -0.39 is 17.3 Å². The second-order valence-electron chi connectivity index (χ2n) is 10.6. The topological polar surface area (TPSA) is 77.1 Å². The Balaban J connectivity index is 1.58. The van der Waals surface area contributed by atoms with Gasteiger partial charge in [-0.15, -0.1) is 11.3 Å². The summed E-state index contributed by atoms with van der Waals surface area (Å²) in [5.74, 6) is 0.0300. The number of rotatable bonds is 7. The van der Waals surface area contributed by atoms with Crippen LogP contribution in [0, 0.1) is 19.7 Å². The van der Waals surface area contributed by atoms with Crippen LogP contribution in [0.4, 0.5) is 15.8 Å². The van der Waals surface area contributed by atoms with Crippen LogP contribution in [-0.2, 0) is 11.4 Å². The van der Waals surface area contributed by atoms with E-state index in [0.717, 1.165) is 22.4 Å². The van der Waals surface area contributed by atoms with Crippen molar-refractivity contribution < 1.29 is 28.2 Å². The summed E-state index contributed by atoms with van der Waals surface area (Å²) >= 11 is 7.48. The van der Waals surface area contributed by atoms with Crippen molar-refractivity contribution in [1.29, 1.82) is 0 Å². The Hall–Kier alpha value is -4.08. The van der Waals surface area contributed by atoms with E-state index in [1.807, 2.05) is 39.8 Å². The number of thiophene rings is 1. The second-order valence-corrected chi connectivity index (χ2v) is 11.9. The number of nitrogens with zero attached hydrogens (tertiary/aromatic N) is 1. The number of likely N-dealkylation sites (N-methyl/N-ethyl adjacent to an activating group) is 1. The number of ether oxygens (including phenoxy) is 3. The summed E-state index contributed by atoms with van der Waals surface area (Å²) in [5.41, 5.74) is 4.28. The molecule has 0 saturated heterocycles. The van der Waals surface area contributed by atoms with Crippen LogP contribution in [0.1, 0.15) is 40.2 Å². The molecule has 0 unspecified atom stereocenters. The minimum Gasteiger partial charge on any atom is -0.496 e. The first kappa shape index (κ1) is 29.4. The number of carbonyl (C=O) groups is 2. The maximum Gasteiger partial charge on any atom is 0.355 e. The third kappa shape index (κ3) is 5.42. The summed E-state index contributed by atoms with van der Waals surface area (Å²) in [6.45, 7) is 7.35. The Morgan fingerprint density at radius 1 is 1.05 bits per heavy atom. The summed E-state index contributed by atoms with van der Waals surface area (Å²) < 4.78 is 31.5. The van der Waals surface area contributed by atoms with Gasteiger partial charge >= 0.3 is 5.97 Å². The first-order valence-corrected chi connectivity index (χ1v) is 14.4. The number of benzene rings is 3. The van der Waals surface area contributed by atoms with Crippen LogP contribution >= 0.6 is 22.9 Å². The molecule has 218 valence electrons. The third-order valence-corrected chi connectivity index (χ3v) is 8.86. The van der Waals surface area contributed by atoms with Crippen LogP contribution in [0.5, 0.6) is 17.2 Å². The largest absolute Gasteiger partial charge is 0.496 e. The van der Waals surface area contributed by atoms with Crippen molar-refractivity contribution in [3.05, 3.63) is 86.3 Å². The molecule has 1 aliphatic heterocycles. The Bertz CT molecular complexity index is 1720. The standard InChI is InChI=1S/C32H30ClFN2O5S/c1-17-7-8-19(34)13-25(17)40-15-23-21(11-12-24-28(23)36(5)31(38)32(3,4)35-24)22-10-9-20(14-26(22)39-6)41-30(37)29-27(33)18(2)16-42-29/h7-14,16,35H,15H2,1-6H3. The zero-order valence-electron chi connectivity index (χ0n) is 24.1. The van der Waals surface area contributed by atoms with Crippen molar-refractivity contribution in [3.8, 4) is 28.4 Å². The van der Waals surface area contributed by atoms with Crippen molar-refractivity contribution in [2.75, 3.05) is 24.4 Å². The maximum absolute atomic E-state index is 14.0. The highest BCUT2D eigenvalue weighted by Crippen LogP contribution is 2.45. The lowest BCUT2D eigenvalue weighted by Gasteiger charge is -2.39. The summed E-state index contributed by atoms with van der Waals surface area (Å²) in [5, 5.41) is 5.50. The molecule has 0 spiro atoms. The molecular weight excluding hydrogens is 579 g/mol. The van der Waals surface area contributed by atoms with Gasteiger partial charge in [0, 0.05) is 30.3 Å². The highest BCUT2D eigenvalue weighted by molar-refractivity contribution is 7.12. The monoisotopic (exact) mass is 608 g/mol. The van der Waals surface area contributed by atoms with Gasteiger partial charge in [0.25, 0.3) is 5.91 Å². The normalized spacial score (nSPS) is 13.8. The van der Waals surface area contributed by atoms with Crippen molar-refractivity contribution in [2.24, 2.45) is 0 Å². The molecule has 4 aromatic rings. The van der Waals surface area contributed by atoms with Crippen molar-refractivity contribution in [1.82, 2.24) is 0 Å². The van der Waals surface area contributed by atoms with E-state index in [9.17, 15) is 14.0 Å². The molecule has 1 N–H and O–H groups in total. The molecule has 5 rings (SSSR count). The first-order chi connectivity index (χ1) is 19.9. The van der Waals surface area contributed by atoms with Gasteiger partial charge in [-0.2, -0.15) is 0 Å². The number of hydrogen-bond acceptors (Lipinski definition) is 7. The number of esters is 1. The summed E-state index contributed by atoms with van der Waals surface area (Å²) in [4.78, 5) is 28.0. The number of nitrogens with one attached hydrogen (secondary N) is 1. The number of aryl methyl sites for hydroxylation is 2. The molecule has 0 fully saturated rings. The lowest BCUT2D eigenvalue weighted by Crippen LogP contribution is -2.52. The van der Waals surface area contributed by atoms with E-state index in [1.165, 1.54) is 30.6 Å². The van der Waals surface area contributed by atoms with Gasteiger partial charge in [0.05, 0.1) is 23.5 Å². The van der Waals surface area contributed by atoms with E-state index in [0.29, 0.717) is 38.2 Å². The number of anilines is 2. The number of hydrogen-bond donors (Lipinski definition) is 1. The molecule has 10 heteroatoms. The summed E-state index contributed by atoms with van der Waals surface area (Å²) in [7, 11) is 3.25. The minimum atomic E-state index is -0.812. The lowest BCUT2D eigenvalue weighted by atomic mass is 9.91. The van der Waals surface area contributed by atoms with E-state index >= 15 is 0 Å². The average molecular weight is 609 g/mol. The van der Waals surface area contributed by atoms with Crippen LogP contribution in [0.15, 0.2) is 53.9 Å². The van der Waals surface area contributed by atoms with Gasteiger partial charge in [0.15, 0.2) is 0 Å². The molecule has 7 nitrogen and oxygen atoms in total. The van der Waals surface area contributed by atoms with Crippen LogP contribution < -0.4 is 24.4 Å². The fourth-order valence-corrected chi connectivity index (χ4v) is 6.13. The number of halogens is 2. The fourth-order valence-electron chi connectivity index (χ4n) is 4.99. The zero-order valence-corrected chi connectivity index (χ0v) is 25.6. The molecule has 0 bridgehead atoms. The smallest absolute Gasteiger partial charge is 0.355 e. The SMILES string of the molecule is COc1cc(OC(=O)c2scc(C)c2Cl)ccc1-c1ccc2c(c1COc1cc(F)ccc1C)N(C)C(=O)C(C)(C)N2. The Labute approximate surface area is 252 Å². The summed E-state index contributed by atoms with van der Waals surface area (Å²) in [6.07, 6.45) is 0. The van der Waals surface area contributed by atoms with Crippen molar-refractivity contribution >= 4 is 46.2 Å². The highest BCUT2D eigenvalue weighted by atomic mass is 35.5. The van der Waals surface area contributed by atoms with E-state index in [4.69, 9.17) is 25.8 Å². The maximum atomic E-state index is 14.0. The van der Waals surface area contributed by atoms with Gasteiger partial charge in [-0.25, -0.2) is 9.18 Å². The third-order valence-electron chi connectivity index (χ3n) is 7.19. The molecule has 3 aromatic carbocycles. The van der Waals surface area contributed by atoms with Gasteiger partial charge in [0.2, 0.25) is 0 Å². The quantitative estimate of drug-likeness (QED) is 0.170. The Morgan fingerprint density at radius 3 is 2.48 bits per heavy atom. The molecule has 0 radical (unpaired) electrons. The molecule has 0 atom stereocenters. The van der Waals surface area contributed by atoms with Crippen molar-refractivity contribution in [2.45, 2.75) is 39.8 Å². The number of methoxy groups -OCH3 is 1. The predicted molar refractivity (Wildman–Crippen MR) is 164 cm³/mol. The minimum absolute atomic E-state index is 0.0403. The van der Waals surface area contributed by atoms with Crippen molar-refractivity contribution in [3.63, 3.8) is 0 Å². The van der Waals surface area contributed by atoms with Gasteiger partial charge < -0.3 is 24.4 Å². The molecule has 1 amide bonds. The van der Waals surface area contributed by atoms with E-state index in [2.05, 4.69) is 5.32 Å².